The average Bonchev–Trinajstić information content (AvgIpc) is 2.55. The number of ketones is 1. The zero-order valence-corrected chi connectivity index (χ0v) is 9.62. The summed E-state index contributed by atoms with van der Waals surface area (Å²) < 4.78 is 15.0. The van der Waals surface area contributed by atoms with Crippen molar-refractivity contribution in [3.8, 4) is 0 Å². The van der Waals surface area contributed by atoms with Gasteiger partial charge in [0.25, 0.3) is 0 Å². The van der Waals surface area contributed by atoms with Crippen LogP contribution >= 0.6 is 0 Å². The van der Waals surface area contributed by atoms with Crippen LogP contribution in [0, 0.1) is 5.82 Å². The van der Waals surface area contributed by atoms with Crippen LogP contribution in [0.5, 0.6) is 0 Å². The molecule has 0 radical (unpaired) electrons. The van der Waals surface area contributed by atoms with Crippen molar-refractivity contribution in [1.82, 2.24) is 4.57 Å². The van der Waals surface area contributed by atoms with E-state index < -0.39 is 0 Å². The van der Waals surface area contributed by atoms with E-state index in [0.717, 1.165) is 10.9 Å². The number of aromatic nitrogens is 1. The molecule has 1 heterocycles. The largest absolute Gasteiger partial charge is 0.336 e. The molecule has 0 fully saturated rings. The van der Waals surface area contributed by atoms with Gasteiger partial charge in [0.05, 0.1) is 5.69 Å². The molecule has 16 heavy (non-hydrogen) atoms. The lowest BCUT2D eigenvalue weighted by Crippen LogP contribution is -2.08. The third-order valence-electron chi connectivity index (χ3n) is 2.68. The molecule has 3 heteroatoms. The molecule has 0 bridgehead atoms. The fourth-order valence-corrected chi connectivity index (χ4v) is 2.03. The molecule has 0 amide bonds. The number of carbonyl (C=O) groups excluding carboxylic acids is 1. The lowest BCUT2D eigenvalue weighted by atomic mass is 10.2. The minimum atomic E-state index is -0.275. The van der Waals surface area contributed by atoms with Gasteiger partial charge >= 0.3 is 0 Å². The summed E-state index contributed by atoms with van der Waals surface area (Å²) in [7, 11) is 0. The number of fused-ring (bicyclic) bond motifs is 1. The molecule has 0 N–H and O–H groups in total. The summed E-state index contributed by atoms with van der Waals surface area (Å²) in [4.78, 5) is 11.5. The van der Waals surface area contributed by atoms with Crippen LogP contribution in [0.1, 0.15) is 37.3 Å². The Hall–Kier alpha value is -1.64. The maximum Gasteiger partial charge on any atom is 0.176 e. The zero-order chi connectivity index (χ0) is 11.9. The highest BCUT2D eigenvalue weighted by Gasteiger charge is 2.14. The quantitative estimate of drug-likeness (QED) is 0.708. The molecule has 0 saturated heterocycles. The van der Waals surface area contributed by atoms with Crippen molar-refractivity contribution in [2.75, 3.05) is 0 Å². The van der Waals surface area contributed by atoms with E-state index in [1.165, 1.54) is 19.1 Å². The summed E-state index contributed by atoms with van der Waals surface area (Å²) in [5.74, 6) is -0.270. The fourth-order valence-electron chi connectivity index (χ4n) is 2.03. The molecule has 0 spiro atoms. The van der Waals surface area contributed by atoms with Crippen LogP contribution in [0.3, 0.4) is 0 Å². The standard InChI is InChI=1S/C13H14FNO/c1-8(2)15-12-5-4-11(14)6-10(12)7-13(15)9(3)16/h4-8H,1-3H3. The topological polar surface area (TPSA) is 22.0 Å². The number of nitrogens with zero attached hydrogens (tertiary/aromatic N) is 1. The Labute approximate surface area is 93.7 Å². The fraction of sp³-hybridized carbons (Fsp3) is 0.308. The monoisotopic (exact) mass is 219 g/mol. The second-order valence-electron chi connectivity index (χ2n) is 4.25. The van der Waals surface area contributed by atoms with Gasteiger partial charge in [-0.1, -0.05) is 0 Å². The van der Waals surface area contributed by atoms with E-state index in [1.54, 1.807) is 12.1 Å². The molecule has 0 aliphatic heterocycles. The predicted octanol–water partition coefficient (Wildman–Crippen LogP) is 3.56. The molecule has 0 aliphatic carbocycles. The first-order valence-corrected chi connectivity index (χ1v) is 5.32. The van der Waals surface area contributed by atoms with Crippen molar-refractivity contribution in [2.45, 2.75) is 26.8 Å². The number of carbonyl (C=O) groups is 1. The number of hydrogen-bond donors (Lipinski definition) is 0. The number of Topliss-reactive ketones (excluding diaryl/α,β-unsaturated/α-hetero) is 1. The second-order valence-corrected chi connectivity index (χ2v) is 4.25. The molecule has 2 aromatic rings. The molecular formula is C13H14FNO. The first-order valence-electron chi connectivity index (χ1n) is 5.32. The van der Waals surface area contributed by atoms with Crippen molar-refractivity contribution in [2.24, 2.45) is 0 Å². The van der Waals surface area contributed by atoms with Crippen LogP contribution in [0.2, 0.25) is 0 Å². The molecular weight excluding hydrogens is 205 g/mol. The van der Waals surface area contributed by atoms with Gasteiger partial charge in [-0.3, -0.25) is 4.79 Å². The molecule has 84 valence electrons. The summed E-state index contributed by atoms with van der Waals surface area (Å²) >= 11 is 0. The van der Waals surface area contributed by atoms with Crippen molar-refractivity contribution in [3.63, 3.8) is 0 Å². The minimum Gasteiger partial charge on any atom is -0.336 e. The van der Waals surface area contributed by atoms with E-state index in [1.807, 2.05) is 18.4 Å². The smallest absolute Gasteiger partial charge is 0.176 e. The Balaban J connectivity index is 2.81. The maximum absolute atomic E-state index is 13.1. The van der Waals surface area contributed by atoms with Crippen LogP contribution in [0.15, 0.2) is 24.3 Å². The molecule has 0 saturated carbocycles. The number of hydrogen-bond acceptors (Lipinski definition) is 1. The van der Waals surface area contributed by atoms with E-state index in [9.17, 15) is 9.18 Å². The van der Waals surface area contributed by atoms with Gasteiger partial charge in [0, 0.05) is 23.9 Å². The lowest BCUT2D eigenvalue weighted by Gasteiger charge is -2.12. The van der Waals surface area contributed by atoms with Gasteiger partial charge < -0.3 is 4.57 Å². The van der Waals surface area contributed by atoms with Gasteiger partial charge in [0.2, 0.25) is 0 Å². The normalized spacial score (nSPS) is 11.3. The molecule has 0 unspecified atom stereocenters. The van der Waals surface area contributed by atoms with Gasteiger partial charge in [0.15, 0.2) is 5.78 Å². The van der Waals surface area contributed by atoms with Gasteiger partial charge in [-0.05, 0) is 38.1 Å². The molecule has 1 aromatic carbocycles. The molecule has 2 nitrogen and oxygen atoms in total. The summed E-state index contributed by atoms with van der Waals surface area (Å²) in [6, 6.07) is 6.53. The third-order valence-corrected chi connectivity index (χ3v) is 2.68. The Morgan fingerprint density at radius 2 is 2.00 bits per heavy atom. The summed E-state index contributed by atoms with van der Waals surface area (Å²) in [5, 5.41) is 0.777. The van der Waals surface area contributed by atoms with E-state index in [0.29, 0.717) is 5.69 Å². The van der Waals surface area contributed by atoms with Gasteiger partial charge in [-0.2, -0.15) is 0 Å². The maximum atomic E-state index is 13.1. The Morgan fingerprint density at radius 3 is 2.56 bits per heavy atom. The summed E-state index contributed by atoms with van der Waals surface area (Å²) in [5.41, 5.74) is 1.54. The first kappa shape index (κ1) is 10.9. The lowest BCUT2D eigenvalue weighted by molar-refractivity contribution is 0.100. The number of rotatable bonds is 2. The Morgan fingerprint density at radius 1 is 1.31 bits per heavy atom. The Bertz CT molecular complexity index is 554. The van der Waals surface area contributed by atoms with Gasteiger partial charge in [0.1, 0.15) is 5.82 Å². The highest BCUT2D eigenvalue weighted by molar-refractivity contribution is 5.98. The van der Waals surface area contributed by atoms with Crippen molar-refractivity contribution < 1.29 is 9.18 Å². The van der Waals surface area contributed by atoms with Gasteiger partial charge in [-0.15, -0.1) is 0 Å². The average molecular weight is 219 g/mol. The molecule has 1 aromatic heterocycles. The van der Waals surface area contributed by atoms with Crippen LogP contribution in [-0.4, -0.2) is 10.4 Å². The van der Waals surface area contributed by atoms with Gasteiger partial charge in [-0.25, -0.2) is 4.39 Å². The van der Waals surface area contributed by atoms with Crippen LogP contribution in [0.25, 0.3) is 10.9 Å². The Kier molecular flexibility index (Phi) is 2.54. The second kappa shape index (κ2) is 3.74. The van der Waals surface area contributed by atoms with Crippen LogP contribution < -0.4 is 0 Å². The molecule has 0 atom stereocenters. The van der Waals surface area contributed by atoms with E-state index in [-0.39, 0.29) is 17.6 Å². The molecule has 0 aliphatic rings. The summed E-state index contributed by atoms with van der Waals surface area (Å²) in [6.07, 6.45) is 0. The zero-order valence-electron chi connectivity index (χ0n) is 9.62. The van der Waals surface area contributed by atoms with E-state index in [4.69, 9.17) is 0 Å². The van der Waals surface area contributed by atoms with Crippen molar-refractivity contribution in [3.05, 3.63) is 35.8 Å². The minimum absolute atomic E-state index is 0.00491. The highest BCUT2D eigenvalue weighted by Crippen LogP contribution is 2.25. The van der Waals surface area contributed by atoms with Crippen molar-refractivity contribution in [1.29, 1.82) is 0 Å². The van der Waals surface area contributed by atoms with Crippen LogP contribution in [0.4, 0.5) is 4.39 Å². The SMILES string of the molecule is CC(=O)c1cc2cc(F)ccc2n1C(C)C. The number of benzene rings is 1. The first-order chi connectivity index (χ1) is 7.50. The third kappa shape index (κ3) is 1.62. The number of halogens is 1. The highest BCUT2D eigenvalue weighted by atomic mass is 19.1. The van der Waals surface area contributed by atoms with E-state index >= 15 is 0 Å². The van der Waals surface area contributed by atoms with Crippen molar-refractivity contribution >= 4 is 16.7 Å². The molecule has 2 rings (SSSR count). The van der Waals surface area contributed by atoms with E-state index in [2.05, 4.69) is 0 Å². The van der Waals surface area contributed by atoms with Crippen LogP contribution in [-0.2, 0) is 0 Å². The summed E-state index contributed by atoms with van der Waals surface area (Å²) in [6.45, 7) is 5.55. The predicted molar refractivity (Wildman–Crippen MR) is 62.3 cm³/mol.